The van der Waals surface area contributed by atoms with Gasteiger partial charge in [0.1, 0.15) is 43.0 Å². The Morgan fingerprint density at radius 3 is 2.82 bits per heavy atom. The zero-order chi connectivity index (χ0) is 23.9. The predicted octanol–water partition coefficient (Wildman–Crippen LogP) is 3.59. The first-order valence-corrected chi connectivity index (χ1v) is 11.6. The molecule has 2 heterocycles. The Labute approximate surface area is 200 Å². The number of rotatable bonds is 10. The Kier molecular flexibility index (Phi) is 7.51. The van der Waals surface area contributed by atoms with Crippen LogP contribution in [0.3, 0.4) is 0 Å². The number of anilines is 2. The number of hydrogen-bond acceptors (Lipinski definition) is 9. The van der Waals surface area contributed by atoms with Crippen molar-refractivity contribution in [3.8, 4) is 11.5 Å². The summed E-state index contributed by atoms with van der Waals surface area (Å²) < 4.78 is 12.0. The number of nitrogens with one attached hydrogen (secondary N) is 2. The second-order valence-electron chi connectivity index (χ2n) is 7.64. The molecule has 1 atom stereocenters. The van der Waals surface area contributed by atoms with Gasteiger partial charge in [-0.15, -0.1) is 11.3 Å². The molecule has 1 unspecified atom stereocenters. The van der Waals surface area contributed by atoms with Gasteiger partial charge >= 0.3 is 0 Å². The first-order chi connectivity index (χ1) is 16.5. The van der Waals surface area contributed by atoms with Crippen molar-refractivity contribution in [3.05, 3.63) is 64.9 Å². The van der Waals surface area contributed by atoms with E-state index in [1.807, 2.05) is 55.6 Å². The molecular formula is C24H25N5O4S. The molecular weight excluding hydrogens is 454 g/mol. The lowest BCUT2D eigenvalue weighted by Crippen LogP contribution is -2.35. The molecule has 1 amide bonds. The summed E-state index contributed by atoms with van der Waals surface area (Å²) >= 11 is 1.54. The summed E-state index contributed by atoms with van der Waals surface area (Å²) in [4.78, 5) is 24.4. The summed E-state index contributed by atoms with van der Waals surface area (Å²) in [5.41, 5.74) is 5.23. The minimum absolute atomic E-state index is 0.258. The minimum atomic E-state index is -0.559. The number of nitrogens with zero attached hydrogens (tertiary/aromatic N) is 3. The molecule has 10 heteroatoms. The predicted molar refractivity (Wildman–Crippen MR) is 131 cm³/mol. The molecule has 0 radical (unpaired) electrons. The number of aromatic nitrogens is 3. The van der Waals surface area contributed by atoms with Crippen molar-refractivity contribution < 1.29 is 19.4 Å². The maximum absolute atomic E-state index is 11.3. The fraction of sp³-hybridized carbons (Fsp3) is 0.250. The van der Waals surface area contributed by atoms with E-state index < -0.39 is 12.5 Å². The van der Waals surface area contributed by atoms with Gasteiger partial charge in [0.2, 0.25) is 5.91 Å². The van der Waals surface area contributed by atoms with Crippen LogP contribution in [0.2, 0.25) is 0 Å². The van der Waals surface area contributed by atoms with Gasteiger partial charge in [0.05, 0.1) is 28.7 Å². The van der Waals surface area contributed by atoms with E-state index >= 15 is 0 Å². The number of carbonyl (C=O) groups is 1. The number of fused-ring (bicyclic) bond motifs is 1. The SMILES string of the molecule is Cc1cc(Nc2ncnc3cccc(OC(C)CNC(=O)CO)c23)ccc1OCc1cscn1. The highest BCUT2D eigenvalue weighted by molar-refractivity contribution is 7.07. The van der Waals surface area contributed by atoms with Crippen molar-refractivity contribution in [3.63, 3.8) is 0 Å². The first-order valence-electron chi connectivity index (χ1n) is 10.7. The smallest absolute Gasteiger partial charge is 0.245 e. The van der Waals surface area contributed by atoms with Crippen molar-refractivity contribution in [2.24, 2.45) is 0 Å². The van der Waals surface area contributed by atoms with Gasteiger partial charge in [0.15, 0.2) is 0 Å². The molecule has 4 rings (SSSR count). The molecule has 2 aromatic carbocycles. The highest BCUT2D eigenvalue weighted by atomic mass is 32.1. The van der Waals surface area contributed by atoms with E-state index in [0.29, 0.717) is 18.2 Å². The van der Waals surface area contributed by atoms with Gasteiger partial charge in [0, 0.05) is 11.1 Å². The van der Waals surface area contributed by atoms with Crippen LogP contribution in [-0.2, 0) is 11.4 Å². The van der Waals surface area contributed by atoms with Crippen LogP contribution in [0, 0.1) is 6.92 Å². The second kappa shape index (κ2) is 10.9. The third kappa shape index (κ3) is 5.77. The zero-order valence-corrected chi connectivity index (χ0v) is 19.6. The molecule has 176 valence electrons. The molecule has 3 N–H and O–H groups in total. The largest absolute Gasteiger partial charge is 0.488 e. The van der Waals surface area contributed by atoms with Gasteiger partial charge in [-0.3, -0.25) is 4.79 Å². The average molecular weight is 480 g/mol. The summed E-state index contributed by atoms with van der Waals surface area (Å²) in [5.74, 6) is 1.52. The quantitative estimate of drug-likeness (QED) is 0.316. The molecule has 4 aromatic rings. The van der Waals surface area contributed by atoms with Crippen molar-refractivity contribution in [2.45, 2.75) is 26.6 Å². The van der Waals surface area contributed by atoms with E-state index in [1.165, 1.54) is 6.33 Å². The molecule has 0 saturated carbocycles. The molecule has 0 saturated heterocycles. The third-order valence-electron chi connectivity index (χ3n) is 4.98. The van der Waals surface area contributed by atoms with E-state index in [0.717, 1.165) is 33.6 Å². The molecule has 0 spiro atoms. The van der Waals surface area contributed by atoms with Crippen LogP contribution >= 0.6 is 11.3 Å². The average Bonchev–Trinajstić information content (AvgIpc) is 3.36. The van der Waals surface area contributed by atoms with Crippen LogP contribution in [0.15, 0.2) is 53.6 Å². The molecule has 0 bridgehead atoms. The number of thiazole rings is 1. The molecule has 2 aromatic heterocycles. The topological polar surface area (TPSA) is 118 Å². The van der Waals surface area contributed by atoms with Crippen LogP contribution in [0.5, 0.6) is 11.5 Å². The number of aliphatic hydroxyl groups is 1. The maximum Gasteiger partial charge on any atom is 0.245 e. The molecule has 9 nitrogen and oxygen atoms in total. The standard InChI is InChI=1S/C24H25N5O4S/c1-15-8-17(6-7-20(15)32-11-18-12-34-14-28-18)29-24-23-19(26-13-27-24)4-3-5-21(23)33-16(2)9-25-22(31)10-30/h3-8,12-14,16,30H,9-11H2,1-2H3,(H,25,31)(H,26,27,29). The van der Waals surface area contributed by atoms with Crippen LogP contribution in [0.1, 0.15) is 18.2 Å². The third-order valence-corrected chi connectivity index (χ3v) is 5.62. The number of carbonyl (C=O) groups excluding carboxylic acids is 1. The number of hydrogen-bond donors (Lipinski definition) is 3. The van der Waals surface area contributed by atoms with Crippen LogP contribution in [0.25, 0.3) is 10.9 Å². The highest BCUT2D eigenvalue weighted by Crippen LogP contribution is 2.33. The second-order valence-corrected chi connectivity index (χ2v) is 8.36. The molecule has 34 heavy (non-hydrogen) atoms. The molecule has 0 fully saturated rings. The van der Waals surface area contributed by atoms with Crippen molar-refractivity contribution in [1.82, 2.24) is 20.3 Å². The Morgan fingerprint density at radius 1 is 1.18 bits per heavy atom. The van der Waals surface area contributed by atoms with Crippen molar-refractivity contribution in [2.75, 3.05) is 18.5 Å². The fourth-order valence-corrected chi connectivity index (χ4v) is 3.87. The van der Waals surface area contributed by atoms with Crippen molar-refractivity contribution >= 4 is 39.7 Å². The lowest BCUT2D eigenvalue weighted by molar-refractivity contribution is -0.124. The van der Waals surface area contributed by atoms with E-state index in [4.69, 9.17) is 14.6 Å². The Balaban J connectivity index is 1.52. The number of ether oxygens (including phenoxy) is 2. The van der Waals surface area contributed by atoms with Crippen molar-refractivity contribution in [1.29, 1.82) is 0 Å². The summed E-state index contributed by atoms with van der Waals surface area (Å²) in [6.07, 6.45) is 1.17. The summed E-state index contributed by atoms with van der Waals surface area (Å²) in [6, 6.07) is 11.4. The van der Waals surface area contributed by atoms with Gasteiger partial charge in [-0.2, -0.15) is 0 Å². The van der Waals surface area contributed by atoms with Crippen LogP contribution in [0.4, 0.5) is 11.5 Å². The highest BCUT2D eigenvalue weighted by Gasteiger charge is 2.14. The lowest BCUT2D eigenvalue weighted by Gasteiger charge is -2.18. The minimum Gasteiger partial charge on any atom is -0.488 e. The van der Waals surface area contributed by atoms with Gasteiger partial charge in [-0.05, 0) is 49.7 Å². The van der Waals surface area contributed by atoms with Crippen LogP contribution in [-0.4, -0.2) is 45.2 Å². The monoisotopic (exact) mass is 479 g/mol. The lowest BCUT2D eigenvalue weighted by atomic mass is 10.1. The number of amides is 1. The zero-order valence-electron chi connectivity index (χ0n) is 18.8. The number of benzene rings is 2. The summed E-state index contributed by atoms with van der Waals surface area (Å²) in [6.45, 7) is 3.94. The van der Waals surface area contributed by atoms with Crippen LogP contribution < -0.4 is 20.1 Å². The first kappa shape index (κ1) is 23.4. The van der Waals surface area contributed by atoms with E-state index in [-0.39, 0.29) is 12.6 Å². The molecule has 0 aliphatic heterocycles. The van der Waals surface area contributed by atoms with Gasteiger partial charge in [-0.1, -0.05) is 6.07 Å². The van der Waals surface area contributed by atoms with E-state index in [2.05, 4.69) is 25.6 Å². The van der Waals surface area contributed by atoms with Gasteiger partial charge < -0.3 is 25.2 Å². The summed E-state index contributed by atoms with van der Waals surface area (Å²) in [5, 5.41) is 17.5. The van der Waals surface area contributed by atoms with Gasteiger partial charge in [0.25, 0.3) is 0 Å². The Hall–Kier alpha value is -3.76. The van der Waals surface area contributed by atoms with E-state index in [1.54, 1.807) is 16.8 Å². The Morgan fingerprint density at radius 2 is 2.06 bits per heavy atom. The van der Waals surface area contributed by atoms with Gasteiger partial charge in [-0.25, -0.2) is 15.0 Å². The number of aliphatic hydroxyl groups excluding tert-OH is 1. The maximum atomic E-state index is 11.3. The normalized spacial score (nSPS) is 11.7. The summed E-state index contributed by atoms with van der Waals surface area (Å²) in [7, 11) is 0. The fourth-order valence-electron chi connectivity index (χ4n) is 3.33. The molecule has 0 aliphatic carbocycles. The number of aryl methyl sites for hydroxylation is 1. The van der Waals surface area contributed by atoms with E-state index in [9.17, 15) is 4.79 Å². The Bertz CT molecular complexity index is 1260. The molecule has 0 aliphatic rings.